The van der Waals surface area contributed by atoms with Gasteiger partial charge in [-0.15, -0.1) is 0 Å². The van der Waals surface area contributed by atoms with Gasteiger partial charge in [0, 0.05) is 36.4 Å². The van der Waals surface area contributed by atoms with Gasteiger partial charge in [-0.3, -0.25) is 4.79 Å². The van der Waals surface area contributed by atoms with Gasteiger partial charge in [-0.05, 0) is 42.5 Å². The number of thiophene rings is 1. The summed E-state index contributed by atoms with van der Waals surface area (Å²) in [6, 6.07) is 2.00. The number of fused-ring (bicyclic) bond motifs is 3. The molecule has 0 aromatic carbocycles. The first-order chi connectivity index (χ1) is 13.8. The Morgan fingerprint density at radius 3 is 3.07 bits per heavy atom. The Morgan fingerprint density at radius 1 is 1.25 bits per heavy atom. The molecule has 0 N–H and O–H groups in total. The lowest BCUT2D eigenvalue weighted by Gasteiger charge is -2.34. The summed E-state index contributed by atoms with van der Waals surface area (Å²) in [6.45, 7) is 2.15. The van der Waals surface area contributed by atoms with Crippen LogP contribution in [0.4, 0.5) is 0 Å². The molecule has 2 saturated carbocycles. The molecule has 0 unspecified atom stereocenters. The van der Waals surface area contributed by atoms with Crippen LogP contribution in [-0.4, -0.2) is 37.0 Å². The maximum atomic E-state index is 13.5. The number of carbonyl (C=O) groups excluding carboxylic acids is 1. The number of imidazole rings is 1. The van der Waals surface area contributed by atoms with Crippen LogP contribution in [0.5, 0.6) is 0 Å². The van der Waals surface area contributed by atoms with Crippen LogP contribution >= 0.6 is 11.3 Å². The molecule has 1 aliphatic heterocycles. The van der Waals surface area contributed by atoms with Crippen LogP contribution in [0.25, 0.3) is 11.4 Å². The second kappa shape index (κ2) is 6.27. The molecule has 0 saturated heterocycles. The third-order valence-electron chi connectivity index (χ3n) is 6.76. The van der Waals surface area contributed by atoms with Crippen molar-refractivity contribution in [3.05, 3.63) is 40.9 Å². The number of hydrogen-bond donors (Lipinski definition) is 0. The van der Waals surface area contributed by atoms with E-state index in [9.17, 15) is 4.79 Å². The molecule has 6 rings (SSSR count). The van der Waals surface area contributed by atoms with Crippen molar-refractivity contribution < 1.29 is 9.32 Å². The second-order valence-corrected chi connectivity index (χ2v) is 8.93. The average Bonchev–Trinajstić information content (AvgIpc) is 3.52. The minimum atomic E-state index is -0.0453. The Balaban J connectivity index is 1.29. The van der Waals surface area contributed by atoms with E-state index in [1.54, 1.807) is 11.3 Å². The van der Waals surface area contributed by atoms with E-state index in [-0.39, 0.29) is 17.7 Å². The molecule has 2 aliphatic carbocycles. The number of rotatable bonds is 3. The monoisotopic (exact) mass is 395 g/mol. The largest absolute Gasteiger partial charge is 0.339 e. The highest BCUT2D eigenvalue weighted by atomic mass is 32.1. The summed E-state index contributed by atoms with van der Waals surface area (Å²) in [7, 11) is 0. The van der Waals surface area contributed by atoms with E-state index < -0.39 is 0 Å². The van der Waals surface area contributed by atoms with E-state index in [2.05, 4.69) is 14.7 Å². The summed E-state index contributed by atoms with van der Waals surface area (Å²) in [5.74, 6) is 3.39. The predicted molar refractivity (Wildman–Crippen MR) is 102 cm³/mol. The van der Waals surface area contributed by atoms with Gasteiger partial charge in [-0.1, -0.05) is 5.16 Å². The van der Waals surface area contributed by atoms with Gasteiger partial charge in [0.25, 0.3) is 0 Å². The van der Waals surface area contributed by atoms with Crippen molar-refractivity contribution in [3.8, 4) is 11.4 Å². The molecule has 7 nitrogen and oxygen atoms in total. The molecule has 4 atom stereocenters. The maximum Gasteiger partial charge on any atom is 0.231 e. The third kappa shape index (κ3) is 2.47. The number of carbonyl (C=O) groups is 1. The highest BCUT2D eigenvalue weighted by molar-refractivity contribution is 7.08. The zero-order valence-electron chi connectivity index (χ0n) is 15.4. The highest BCUT2D eigenvalue weighted by Crippen LogP contribution is 2.57. The minimum Gasteiger partial charge on any atom is -0.339 e. The van der Waals surface area contributed by atoms with Crippen molar-refractivity contribution in [3.63, 3.8) is 0 Å². The van der Waals surface area contributed by atoms with Crippen LogP contribution in [0.1, 0.15) is 36.9 Å². The van der Waals surface area contributed by atoms with E-state index >= 15 is 0 Å². The fourth-order valence-electron chi connectivity index (χ4n) is 5.45. The van der Waals surface area contributed by atoms with E-state index in [0.717, 1.165) is 43.7 Å². The van der Waals surface area contributed by atoms with Crippen LogP contribution in [0, 0.1) is 17.8 Å². The fraction of sp³-hybridized carbons (Fsp3) is 0.500. The molecule has 0 spiro atoms. The van der Waals surface area contributed by atoms with Crippen molar-refractivity contribution in [2.75, 3.05) is 6.54 Å². The van der Waals surface area contributed by atoms with Crippen molar-refractivity contribution in [1.82, 2.24) is 24.6 Å². The summed E-state index contributed by atoms with van der Waals surface area (Å²) in [5, 5.41) is 8.23. The van der Waals surface area contributed by atoms with Gasteiger partial charge in [0.2, 0.25) is 17.6 Å². The van der Waals surface area contributed by atoms with Crippen molar-refractivity contribution in [1.29, 1.82) is 0 Å². The number of nitrogens with zero attached hydrogens (tertiary/aromatic N) is 5. The molecule has 8 heteroatoms. The zero-order valence-corrected chi connectivity index (χ0v) is 16.2. The molecule has 0 radical (unpaired) electrons. The molecule has 3 aliphatic rings. The quantitative estimate of drug-likeness (QED) is 0.681. The summed E-state index contributed by atoms with van der Waals surface area (Å²) in [4.78, 5) is 24.6. The summed E-state index contributed by atoms with van der Waals surface area (Å²) >= 11 is 1.62. The Hall–Kier alpha value is -2.48. The molecule has 144 valence electrons. The third-order valence-corrected chi connectivity index (χ3v) is 7.45. The lowest BCUT2D eigenvalue weighted by atomic mass is 9.78. The predicted octanol–water partition coefficient (Wildman–Crippen LogP) is 3.17. The van der Waals surface area contributed by atoms with Gasteiger partial charge in [0.1, 0.15) is 5.82 Å². The molecular weight excluding hydrogens is 374 g/mol. The van der Waals surface area contributed by atoms with Gasteiger partial charge >= 0.3 is 0 Å². The topological polar surface area (TPSA) is 77.0 Å². The maximum absolute atomic E-state index is 13.5. The molecule has 3 aromatic rings. The molecule has 4 heterocycles. The number of hydrogen-bond acceptors (Lipinski definition) is 6. The lowest BCUT2D eigenvalue weighted by molar-refractivity contribution is -0.139. The van der Waals surface area contributed by atoms with Crippen molar-refractivity contribution >= 4 is 17.2 Å². The molecule has 2 bridgehead atoms. The van der Waals surface area contributed by atoms with E-state index in [1.807, 2.05) is 34.1 Å². The van der Waals surface area contributed by atoms with Crippen molar-refractivity contribution in [2.24, 2.45) is 17.8 Å². The van der Waals surface area contributed by atoms with E-state index in [0.29, 0.717) is 30.1 Å². The van der Waals surface area contributed by atoms with Gasteiger partial charge in [0.15, 0.2) is 0 Å². The Labute approximate surface area is 166 Å². The SMILES string of the molecule is O=C([C@H]1[C@H]2CC[C@H](C2)[C@@H]1c1nc(-c2ccsc2)no1)N1CCn2ccnc2C1. The number of amides is 1. The van der Waals surface area contributed by atoms with Crippen LogP contribution < -0.4 is 0 Å². The standard InChI is InChI=1S/C20H21N5O2S/c26-20(25-7-6-24-5-4-21-15(24)10-25)17-13-2-1-12(9-13)16(17)19-22-18(23-27-19)14-3-8-28-11-14/h3-5,8,11-13,16-17H,1-2,6-7,9-10H2/t12-,13+,16+,17+/m1/s1. The number of aromatic nitrogens is 4. The average molecular weight is 395 g/mol. The summed E-state index contributed by atoms with van der Waals surface area (Å²) in [5.41, 5.74) is 0.980. The van der Waals surface area contributed by atoms with Crippen LogP contribution in [-0.2, 0) is 17.9 Å². The first-order valence-electron chi connectivity index (χ1n) is 9.93. The fourth-order valence-corrected chi connectivity index (χ4v) is 6.09. The van der Waals surface area contributed by atoms with E-state index in [4.69, 9.17) is 9.51 Å². The van der Waals surface area contributed by atoms with E-state index in [1.165, 1.54) is 0 Å². The first-order valence-corrected chi connectivity index (χ1v) is 10.9. The molecule has 28 heavy (non-hydrogen) atoms. The Morgan fingerprint density at radius 2 is 2.18 bits per heavy atom. The molecule has 2 fully saturated rings. The van der Waals surface area contributed by atoms with Crippen molar-refractivity contribution in [2.45, 2.75) is 38.3 Å². The molecule has 1 amide bonds. The van der Waals surface area contributed by atoms with Crippen LogP contribution in [0.3, 0.4) is 0 Å². The zero-order chi connectivity index (χ0) is 18.7. The Bertz CT molecular complexity index is 1010. The molecular formula is C20H21N5O2S. The van der Waals surface area contributed by atoms with Crippen LogP contribution in [0.15, 0.2) is 33.7 Å². The van der Waals surface area contributed by atoms with Gasteiger partial charge in [-0.2, -0.15) is 16.3 Å². The van der Waals surface area contributed by atoms with Gasteiger partial charge < -0.3 is 14.0 Å². The summed E-state index contributed by atoms with van der Waals surface area (Å²) in [6.07, 6.45) is 7.18. The minimum absolute atomic E-state index is 0.0453. The Kier molecular flexibility index (Phi) is 3.69. The molecule has 3 aromatic heterocycles. The van der Waals surface area contributed by atoms with Gasteiger partial charge in [0.05, 0.1) is 18.4 Å². The lowest BCUT2D eigenvalue weighted by Crippen LogP contribution is -2.44. The second-order valence-electron chi connectivity index (χ2n) is 8.15. The van der Waals surface area contributed by atoms with Gasteiger partial charge in [-0.25, -0.2) is 4.98 Å². The normalized spacial score (nSPS) is 28.6. The van der Waals surface area contributed by atoms with Crippen LogP contribution in [0.2, 0.25) is 0 Å². The highest BCUT2D eigenvalue weighted by Gasteiger charge is 2.54. The summed E-state index contributed by atoms with van der Waals surface area (Å²) < 4.78 is 7.83. The smallest absolute Gasteiger partial charge is 0.231 e. The first kappa shape index (κ1) is 16.5.